The van der Waals surface area contributed by atoms with Crippen LogP contribution in [0.3, 0.4) is 0 Å². The summed E-state index contributed by atoms with van der Waals surface area (Å²) >= 11 is 3.29. The smallest absolute Gasteiger partial charge is 0.174 e. The highest BCUT2D eigenvalue weighted by Gasteiger charge is 2.25. The van der Waals surface area contributed by atoms with Crippen LogP contribution in [-0.4, -0.2) is 35.4 Å². The summed E-state index contributed by atoms with van der Waals surface area (Å²) in [5, 5.41) is 11.2. The van der Waals surface area contributed by atoms with Crippen molar-refractivity contribution in [1.82, 2.24) is 9.97 Å². The Labute approximate surface area is 150 Å². The van der Waals surface area contributed by atoms with Crippen LogP contribution in [0.4, 0.5) is 8.78 Å². The number of fused-ring (bicyclic) bond motifs is 1. The zero-order valence-corrected chi connectivity index (χ0v) is 14.8. The van der Waals surface area contributed by atoms with Crippen molar-refractivity contribution in [2.45, 2.75) is 6.10 Å². The normalized spacial score (nSPS) is 12.5. The minimum atomic E-state index is -1.52. The molecule has 2 aromatic heterocycles. The van der Waals surface area contributed by atoms with Crippen molar-refractivity contribution in [2.24, 2.45) is 0 Å². The molecule has 0 aliphatic carbocycles. The van der Waals surface area contributed by atoms with Crippen molar-refractivity contribution in [1.29, 1.82) is 0 Å². The van der Waals surface area contributed by atoms with Crippen LogP contribution in [0.15, 0.2) is 35.1 Å². The van der Waals surface area contributed by atoms with Crippen LogP contribution in [0.2, 0.25) is 0 Å². The summed E-state index contributed by atoms with van der Waals surface area (Å²) in [4.78, 5) is 7.03. The second-order valence-corrected chi connectivity index (χ2v) is 6.23. The third-order valence-corrected chi connectivity index (χ3v) is 4.17. The lowest BCUT2D eigenvalue weighted by Gasteiger charge is -2.15. The van der Waals surface area contributed by atoms with Crippen molar-refractivity contribution < 1.29 is 23.4 Å². The summed E-state index contributed by atoms with van der Waals surface area (Å²) in [6.07, 6.45) is 1.54. The van der Waals surface area contributed by atoms with E-state index in [2.05, 4.69) is 25.9 Å². The fourth-order valence-electron chi connectivity index (χ4n) is 2.53. The van der Waals surface area contributed by atoms with E-state index in [1.807, 2.05) is 0 Å². The molecule has 1 aromatic carbocycles. The van der Waals surface area contributed by atoms with E-state index in [0.717, 1.165) is 6.07 Å². The zero-order chi connectivity index (χ0) is 18.0. The molecule has 0 saturated heterocycles. The first kappa shape index (κ1) is 17.8. The number of aliphatic hydroxyl groups is 1. The largest absolute Gasteiger partial charge is 0.488 e. The lowest BCUT2D eigenvalue weighted by atomic mass is 10.00. The summed E-state index contributed by atoms with van der Waals surface area (Å²) in [7, 11) is 1.49. The lowest BCUT2D eigenvalue weighted by Crippen LogP contribution is -2.10. The number of benzene rings is 1. The number of aliphatic hydroxyl groups excluding tert-OH is 1. The first-order valence-corrected chi connectivity index (χ1v) is 8.22. The van der Waals surface area contributed by atoms with Crippen molar-refractivity contribution in [3.8, 4) is 5.75 Å². The Balaban J connectivity index is 2.02. The molecule has 0 amide bonds. The van der Waals surface area contributed by atoms with E-state index in [4.69, 9.17) is 9.47 Å². The Morgan fingerprint density at radius 1 is 1.32 bits per heavy atom. The zero-order valence-electron chi connectivity index (χ0n) is 13.2. The van der Waals surface area contributed by atoms with Crippen LogP contribution in [0.25, 0.3) is 11.0 Å². The SMILES string of the molecule is COCCOc1ccc(F)c(C(O)c2c[nH]c3ncc(Br)cc23)c1F. The van der Waals surface area contributed by atoms with Crippen LogP contribution in [0.5, 0.6) is 5.75 Å². The molecule has 25 heavy (non-hydrogen) atoms. The molecule has 8 heteroatoms. The third kappa shape index (κ3) is 3.51. The fraction of sp³-hybridized carbons (Fsp3) is 0.235. The predicted octanol–water partition coefficient (Wildman–Crippen LogP) is 3.71. The lowest BCUT2D eigenvalue weighted by molar-refractivity contribution is 0.142. The molecule has 0 spiro atoms. The second-order valence-electron chi connectivity index (χ2n) is 5.31. The topological polar surface area (TPSA) is 67.4 Å². The number of ether oxygens (including phenoxy) is 2. The van der Waals surface area contributed by atoms with Gasteiger partial charge in [0.1, 0.15) is 24.2 Å². The minimum Gasteiger partial charge on any atom is -0.488 e. The Morgan fingerprint density at radius 3 is 2.88 bits per heavy atom. The number of H-pyrrole nitrogens is 1. The molecule has 0 fully saturated rings. The number of hydrogen-bond donors (Lipinski definition) is 2. The van der Waals surface area contributed by atoms with Crippen molar-refractivity contribution >= 4 is 27.0 Å². The maximum absolute atomic E-state index is 14.7. The van der Waals surface area contributed by atoms with Crippen LogP contribution in [-0.2, 0) is 4.74 Å². The van der Waals surface area contributed by atoms with Crippen molar-refractivity contribution in [3.63, 3.8) is 0 Å². The highest BCUT2D eigenvalue weighted by molar-refractivity contribution is 9.10. The molecule has 0 saturated carbocycles. The van der Waals surface area contributed by atoms with E-state index in [1.165, 1.54) is 19.4 Å². The standard InChI is InChI=1S/C17H15BrF2N2O3/c1-24-4-5-25-13-3-2-12(19)14(15(13)20)16(23)11-8-22-17-10(11)6-9(18)7-21-17/h2-3,6-8,16,23H,4-5H2,1H3,(H,21,22). The van der Waals surface area contributed by atoms with Gasteiger partial charge in [-0.05, 0) is 34.1 Å². The first-order valence-electron chi connectivity index (χ1n) is 7.43. The molecular formula is C17H15BrF2N2O3. The van der Waals surface area contributed by atoms with Gasteiger partial charge in [-0.15, -0.1) is 0 Å². The van der Waals surface area contributed by atoms with Crippen LogP contribution in [0.1, 0.15) is 17.2 Å². The van der Waals surface area contributed by atoms with Crippen LogP contribution < -0.4 is 4.74 Å². The maximum Gasteiger partial charge on any atom is 0.174 e. The second kappa shape index (κ2) is 7.47. The summed E-state index contributed by atoms with van der Waals surface area (Å²) in [5.41, 5.74) is 0.344. The monoisotopic (exact) mass is 412 g/mol. The molecule has 5 nitrogen and oxygen atoms in total. The number of rotatable bonds is 6. The van der Waals surface area contributed by atoms with Crippen LogP contribution >= 0.6 is 15.9 Å². The van der Waals surface area contributed by atoms with Gasteiger partial charge in [-0.25, -0.2) is 13.8 Å². The Kier molecular flexibility index (Phi) is 5.31. The van der Waals surface area contributed by atoms with Crippen LogP contribution in [0, 0.1) is 11.6 Å². The van der Waals surface area contributed by atoms with Gasteiger partial charge in [0.15, 0.2) is 11.6 Å². The number of pyridine rings is 1. The Hall–Kier alpha value is -2.03. The van der Waals surface area contributed by atoms with E-state index in [1.54, 1.807) is 12.3 Å². The number of nitrogens with zero attached hydrogens (tertiary/aromatic N) is 1. The summed E-state index contributed by atoms with van der Waals surface area (Å²) in [6, 6.07) is 3.96. The van der Waals surface area contributed by atoms with Crippen molar-refractivity contribution in [2.75, 3.05) is 20.3 Å². The predicted molar refractivity (Wildman–Crippen MR) is 91.6 cm³/mol. The molecule has 2 heterocycles. The molecule has 3 rings (SSSR count). The van der Waals surface area contributed by atoms with Gasteiger partial charge in [-0.1, -0.05) is 0 Å². The summed E-state index contributed by atoms with van der Waals surface area (Å²) in [5.74, 6) is -1.95. The Bertz CT molecular complexity index is 901. The molecule has 0 radical (unpaired) electrons. The van der Waals surface area contributed by atoms with Gasteiger partial charge in [0, 0.05) is 34.9 Å². The third-order valence-electron chi connectivity index (χ3n) is 3.73. The Morgan fingerprint density at radius 2 is 2.12 bits per heavy atom. The number of aromatic amines is 1. The molecular weight excluding hydrogens is 398 g/mol. The van der Waals surface area contributed by atoms with E-state index >= 15 is 0 Å². The van der Waals surface area contributed by atoms with E-state index in [0.29, 0.717) is 21.1 Å². The van der Waals surface area contributed by atoms with Gasteiger partial charge in [-0.2, -0.15) is 0 Å². The van der Waals surface area contributed by atoms with Gasteiger partial charge in [0.05, 0.1) is 12.2 Å². The summed E-state index contributed by atoms with van der Waals surface area (Å²) < 4.78 is 39.7. The highest BCUT2D eigenvalue weighted by atomic mass is 79.9. The average molecular weight is 413 g/mol. The molecule has 0 aliphatic rings. The summed E-state index contributed by atoms with van der Waals surface area (Å²) in [6.45, 7) is 0.370. The van der Waals surface area contributed by atoms with Gasteiger partial charge in [0.25, 0.3) is 0 Å². The number of hydrogen-bond acceptors (Lipinski definition) is 4. The average Bonchev–Trinajstić information content (AvgIpc) is 3.00. The minimum absolute atomic E-state index is 0.110. The van der Waals surface area contributed by atoms with E-state index in [-0.39, 0.29) is 19.0 Å². The fourth-order valence-corrected chi connectivity index (χ4v) is 2.86. The number of halogens is 3. The molecule has 1 atom stereocenters. The van der Waals surface area contributed by atoms with Gasteiger partial charge < -0.3 is 19.6 Å². The maximum atomic E-state index is 14.7. The number of methoxy groups -OCH3 is 1. The molecule has 3 aromatic rings. The van der Waals surface area contributed by atoms with E-state index < -0.39 is 23.3 Å². The molecule has 0 aliphatic heterocycles. The van der Waals surface area contributed by atoms with Gasteiger partial charge >= 0.3 is 0 Å². The van der Waals surface area contributed by atoms with Gasteiger partial charge in [0.2, 0.25) is 0 Å². The first-order chi connectivity index (χ1) is 12.0. The van der Waals surface area contributed by atoms with E-state index in [9.17, 15) is 13.9 Å². The van der Waals surface area contributed by atoms with Gasteiger partial charge in [-0.3, -0.25) is 0 Å². The molecule has 132 valence electrons. The molecule has 2 N–H and O–H groups in total. The quantitative estimate of drug-likeness (QED) is 0.605. The van der Waals surface area contributed by atoms with Crippen molar-refractivity contribution in [3.05, 3.63) is 57.8 Å². The highest BCUT2D eigenvalue weighted by Crippen LogP contribution is 2.35. The number of nitrogens with one attached hydrogen (secondary N) is 1. The molecule has 1 unspecified atom stereocenters. The molecule has 0 bridgehead atoms. The number of aromatic nitrogens is 2.